The first-order chi connectivity index (χ1) is 12.3. The highest BCUT2D eigenvalue weighted by atomic mass is 32.1. The van der Waals surface area contributed by atoms with Crippen LogP contribution in [0, 0.1) is 0 Å². The summed E-state index contributed by atoms with van der Waals surface area (Å²) in [6.07, 6.45) is 6.51. The second kappa shape index (κ2) is 7.03. The van der Waals surface area contributed by atoms with Gasteiger partial charge in [-0.25, -0.2) is 4.98 Å². The Morgan fingerprint density at radius 3 is 2.64 bits per heavy atom. The first-order valence-corrected chi connectivity index (χ1v) is 9.18. The predicted octanol–water partition coefficient (Wildman–Crippen LogP) is 4.63. The number of rotatable bonds is 3. The van der Waals surface area contributed by atoms with Crippen molar-refractivity contribution in [1.82, 2.24) is 9.88 Å². The molecule has 1 aromatic heterocycles. The van der Waals surface area contributed by atoms with E-state index in [1.165, 1.54) is 11.1 Å². The van der Waals surface area contributed by atoms with Gasteiger partial charge < -0.3 is 4.90 Å². The summed E-state index contributed by atoms with van der Waals surface area (Å²) in [7, 11) is 0. The van der Waals surface area contributed by atoms with Gasteiger partial charge >= 0.3 is 0 Å². The van der Waals surface area contributed by atoms with Crippen LogP contribution < -0.4 is 0 Å². The summed E-state index contributed by atoms with van der Waals surface area (Å²) < 4.78 is 1.14. The molecule has 0 N–H and O–H groups in total. The van der Waals surface area contributed by atoms with Crippen LogP contribution in [0.2, 0.25) is 0 Å². The maximum absolute atomic E-state index is 12.4. The third-order valence-electron chi connectivity index (χ3n) is 4.34. The number of nitrogens with zero attached hydrogens (tertiary/aromatic N) is 2. The molecule has 3 nitrogen and oxygen atoms in total. The molecule has 1 aliphatic rings. The summed E-state index contributed by atoms with van der Waals surface area (Å²) in [5.41, 5.74) is 3.55. The van der Waals surface area contributed by atoms with Crippen molar-refractivity contribution in [1.29, 1.82) is 0 Å². The van der Waals surface area contributed by atoms with Gasteiger partial charge in [-0.05, 0) is 35.8 Å². The van der Waals surface area contributed by atoms with Crippen LogP contribution in [0.3, 0.4) is 0 Å². The normalized spacial score (nSPS) is 14.9. The smallest absolute Gasteiger partial charge is 0.246 e. The van der Waals surface area contributed by atoms with Gasteiger partial charge in [-0.1, -0.05) is 48.5 Å². The molecule has 0 unspecified atom stereocenters. The lowest BCUT2D eigenvalue weighted by atomic mass is 9.99. The number of carbonyl (C=O) groups excluding carboxylic acids is 1. The molecule has 0 atom stereocenters. The molecule has 0 saturated heterocycles. The Bertz CT molecular complexity index is 923. The van der Waals surface area contributed by atoms with Gasteiger partial charge in [0.1, 0.15) is 5.01 Å². The van der Waals surface area contributed by atoms with Gasteiger partial charge in [0.2, 0.25) is 5.91 Å². The maximum atomic E-state index is 12.4. The third-order valence-corrected chi connectivity index (χ3v) is 5.35. The quantitative estimate of drug-likeness (QED) is 0.648. The van der Waals surface area contributed by atoms with E-state index in [0.29, 0.717) is 6.54 Å². The molecule has 2 heterocycles. The number of hydrogen-bond donors (Lipinski definition) is 0. The molecule has 4 rings (SSSR count). The van der Waals surface area contributed by atoms with Crippen LogP contribution in [0.1, 0.15) is 17.0 Å². The fourth-order valence-corrected chi connectivity index (χ4v) is 3.86. The van der Waals surface area contributed by atoms with Gasteiger partial charge in [0.25, 0.3) is 0 Å². The molecule has 0 saturated carbocycles. The molecule has 4 heteroatoms. The Balaban J connectivity index is 1.43. The number of benzene rings is 2. The van der Waals surface area contributed by atoms with Crippen LogP contribution in [0.5, 0.6) is 0 Å². The third kappa shape index (κ3) is 3.54. The summed E-state index contributed by atoms with van der Waals surface area (Å²) in [4.78, 5) is 18.8. The summed E-state index contributed by atoms with van der Waals surface area (Å²) in [6.45, 7) is 1.41. The molecule has 3 aromatic rings. The van der Waals surface area contributed by atoms with Crippen molar-refractivity contribution in [3.05, 3.63) is 77.3 Å². The van der Waals surface area contributed by atoms with Crippen LogP contribution in [0.4, 0.5) is 0 Å². The van der Waals surface area contributed by atoms with E-state index in [1.807, 2.05) is 41.3 Å². The molecule has 2 aromatic carbocycles. The van der Waals surface area contributed by atoms with Crippen LogP contribution >= 0.6 is 11.3 Å². The van der Waals surface area contributed by atoms with Crippen LogP contribution in [0.15, 0.2) is 66.7 Å². The highest BCUT2D eigenvalue weighted by Gasteiger charge is 2.16. The van der Waals surface area contributed by atoms with Crippen LogP contribution in [-0.2, 0) is 4.79 Å². The van der Waals surface area contributed by atoms with Crippen molar-refractivity contribution >= 4 is 39.1 Å². The summed E-state index contributed by atoms with van der Waals surface area (Å²) in [5.74, 6) is 0.0441. The molecule has 0 spiro atoms. The fraction of sp³-hybridized carbons (Fsp3) is 0.143. The van der Waals surface area contributed by atoms with Gasteiger partial charge in [-0.3, -0.25) is 4.79 Å². The SMILES string of the molecule is O=C(C=Cc1nc2ccccc2s1)N1CC=C(c2ccccc2)CC1. The van der Waals surface area contributed by atoms with E-state index in [0.717, 1.165) is 28.2 Å². The van der Waals surface area contributed by atoms with Crippen molar-refractivity contribution in [3.63, 3.8) is 0 Å². The zero-order valence-corrected chi connectivity index (χ0v) is 14.6. The van der Waals surface area contributed by atoms with Gasteiger partial charge in [-0.15, -0.1) is 11.3 Å². The first-order valence-electron chi connectivity index (χ1n) is 8.36. The zero-order chi connectivity index (χ0) is 17.1. The van der Waals surface area contributed by atoms with E-state index < -0.39 is 0 Å². The van der Waals surface area contributed by atoms with E-state index >= 15 is 0 Å². The Kier molecular flexibility index (Phi) is 4.44. The van der Waals surface area contributed by atoms with Crippen molar-refractivity contribution in [3.8, 4) is 0 Å². The molecule has 1 aliphatic heterocycles. The molecule has 0 radical (unpaired) electrons. The largest absolute Gasteiger partial charge is 0.335 e. The van der Waals surface area contributed by atoms with Gasteiger partial charge in [0.05, 0.1) is 10.2 Å². The van der Waals surface area contributed by atoms with Gasteiger partial charge in [0.15, 0.2) is 0 Å². The lowest BCUT2D eigenvalue weighted by Crippen LogP contribution is -2.33. The number of aromatic nitrogens is 1. The number of amides is 1. The van der Waals surface area contributed by atoms with Crippen molar-refractivity contribution in [2.24, 2.45) is 0 Å². The van der Waals surface area contributed by atoms with E-state index in [9.17, 15) is 4.79 Å². The highest BCUT2D eigenvalue weighted by Crippen LogP contribution is 2.24. The molecule has 25 heavy (non-hydrogen) atoms. The second-order valence-corrected chi connectivity index (χ2v) is 7.05. The van der Waals surface area contributed by atoms with Crippen molar-refractivity contribution in [2.45, 2.75) is 6.42 Å². The Labute approximate surface area is 150 Å². The molecule has 0 bridgehead atoms. The Morgan fingerprint density at radius 2 is 1.88 bits per heavy atom. The van der Waals surface area contributed by atoms with Gasteiger partial charge in [0, 0.05) is 19.2 Å². The minimum atomic E-state index is 0.0441. The van der Waals surface area contributed by atoms with Crippen LogP contribution in [0.25, 0.3) is 21.9 Å². The second-order valence-electron chi connectivity index (χ2n) is 5.98. The number of hydrogen-bond acceptors (Lipinski definition) is 3. The molecule has 0 aliphatic carbocycles. The number of fused-ring (bicyclic) bond motifs is 1. The Morgan fingerprint density at radius 1 is 1.08 bits per heavy atom. The Hall–Kier alpha value is -2.72. The average Bonchev–Trinajstić information content (AvgIpc) is 3.10. The van der Waals surface area contributed by atoms with E-state index in [-0.39, 0.29) is 5.91 Å². The number of para-hydroxylation sites is 1. The number of carbonyl (C=O) groups is 1. The minimum absolute atomic E-state index is 0.0441. The molecule has 1 amide bonds. The zero-order valence-electron chi connectivity index (χ0n) is 13.8. The molecule has 0 fully saturated rings. The number of thiazole rings is 1. The topological polar surface area (TPSA) is 33.2 Å². The summed E-state index contributed by atoms with van der Waals surface area (Å²) >= 11 is 1.60. The predicted molar refractivity (Wildman–Crippen MR) is 104 cm³/mol. The summed E-state index contributed by atoms with van der Waals surface area (Å²) in [5, 5.41) is 0.868. The lowest BCUT2D eigenvalue weighted by molar-refractivity contribution is -0.125. The van der Waals surface area contributed by atoms with E-state index in [2.05, 4.69) is 35.3 Å². The highest BCUT2D eigenvalue weighted by molar-refractivity contribution is 7.19. The fourth-order valence-electron chi connectivity index (χ4n) is 2.99. The standard InChI is InChI=1S/C21H18N2OS/c24-21(11-10-20-22-18-8-4-5-9-19(18)25-20)23-14-12-17(13-15-23)16-6-2-1-3-7-16/h1-12H,13-15H2. The molecular formula is C21H18N2OS. The van der Waals surface area contributed by atoms with Gasteiger partial charge in [-0.2, -0.15) is 0 Å². The van der Waals surface area contributed by atoms with Crippen molar-refractivity contribution < 1.29 is 4.79 Å². The minimum Gasteiger partial charge on any atom is -0.335 e. The first kappa shape index (κ1) is 15.8. The van der Waals surface area contributed by atoms with Crippen molar-refractivity contribution in [2.75, 3.05) is 13.1 Å². The molecular weight excluding hydrogens is 328 g/mol. The average molecular weight is 346 g/mol. The van der Waals surface area contributed by atoms with Crippen LogP contribution in [-0.4, -0.2) is 28.9 Å². The summed E-state index contributed by atoms with van der Waals surface area (Å²) in [6, 6.07) is 18.4. The van der Waals surface area contributed by atoms with E-state index in [1.54, 1.807) is 17.4 Å². The molecule has 124 valence electrons. The monoisotopic (exact) mass is 346 g/mol. The van der Waals surface area contributed by atoms with E-state index in [4.69, 9.17) is 0 Å². The lowest BCUT2D eigenvalue weighted by Gasteiger charge is -2.25. The maximum Gasteiger partial charge on any atom is 0.246 e.